The Hall–Kier alpha value is -0.950. The average Bonchev–Trinajstić information content (AvgIpc) is 2.15. The van der Waals surface area contributed by atoms with Gasteiger partial charge in [0.05, 0.1) is 0 Å². The zero-order valence-corrected chi connectivity index (χ0v) is 7.81. The van der Waals surface area contributed by atoms with Crippen LogP contribution >= 0.6 is 11.6 Å². The van der Waals surface area contributed by atoms with Crippen molar-refractivity contribution < 1.29 is 0 Å². The summed E-state index contributed by atoms with van der Waals surface area (Å²) in [6, 6.07) is 8.17. The second-order valence-electron chi connectivity index (χ2n) is 2.43. The molecule has 0 atom stereocenters. The molecule has 0 unspecified atom stereocenters. The molecule has 1 nitrogen and oxygen atoms in total. The topological polar surface area (TPSA) is 12.0 Å². The van der Waals surface area contributed by atoms with Crippen molar-refractivity contribution in [3.8, 4) is 0 Å². The predicted molar refractivity (Wildman–Crippen MR) is 55.7 cm³/mol. The number of hydrogen-bond donors (Lipinski definition) is 1. The van der Waals surface area contributed by atoms with Crippen LogP contribution in [-0.4, -0.2) is 12.9 Å². The van der Waals surface area contributed by atoms with Crippen LogP contribution in [0.5, 0.6) is 0 Å². The molecule has 12 heavy (non-hydrogen) atoms. The number of benzene rings is 1. The second-order valence-corrected chi connectivity index (χ2v) is 2.74. The first kappa shape index (κ1) is 9.14. The lowest BCUT2D eigenvalue weighted by atomic mass is 10.2. The minimum atomic E-state index is 0.563. The summed E-state index contributed by atoms with van der Waals surface area (Å²) in [4.78, 5) is 0. The molecule has 0 bridgehead atoms. The first-order chi connectivity index (χ1) is 5.86. The number of anilines is 1. The molecule has 64 valence electrons. The van der Waals surface area contributed by atoms with Crippen molar-refractivity contribution in [2.24, 2.45) is 0 Å². The summed E-state index contributed by atoms with van der Waals surface area (Å²) in [7, 11) is 1.91. The quantitative estimate of drug-likeness (QED) is 0.707. The Balaban J connectivity index is 2.71. The van der Waals surface area contributed by atoms with Crippen molar-refractivity contribution in [2.75, 3.05) is 18.2 Å². The Bertz CT molecular complexity index is 251. The van der Waals surface area contributed by atoms with Crippen molar-refractivity contribution >= 4 is 23.4 Å². The van der Waals surface area contributed by atoms with E-state index in [2.05, 4.69) is 17.4 Å². The van der Waals surface area contributed by atoms with Crippen molar-refractivity contribution in [2.45, 2.75) is 0 Å². The molecule has 0 fully saturated rings. The van der Waals surface area contributed by atoms with Gasteiger partial charge in [0.1, 0.15) is 0 Å². The molecular formula is C10H12ClN. The van der Waals surface area contributed by atoms with Gasteiger partial charge < -0.3 is 5.32 Å². The lowest BCUT2D eigenvalue weighted by molar-refractivity contribution is 1.50. The number of nitrogens with one attached hydrogen (secondary N) is 1. The summed E-state index contributed by atoms with van der Waals surface area (Å²) in [5.74, 6) is 0.563. The highest BCUT2D eigenvalue weighted by Gasteiger charge is 1.87. The van der Waals surface area contributed by atoms with Gasteiger partial charge in [-0.15, -0.1) is 11.6 Å². The zero-order valence-electron chi connectivity index (χ0n) is 7.05. The van der Waals surface area contributed by atoms with Crippen molar-refractivity contribution in [3.05, 3.63) is 35.9 Å². The standard InChI is InChI=1S/C10H12ClN/c1-12-10-6-4-9(5-7-10)3-2-8-11/h2-7,12H,8H2,1H3. The van der Waals surface area contributed by atoms with E-state index in [0.717, 1.165) is 5.69 Å². The molecular weight excluding hydrogens is 170 g/mol. The van der Waals surface area contributed by atoms with Gasteiger partial charge in [-0.3, -0.25) is 0 Å². The van der Waals surface area contributed by atoms with Gasteiger partial charge in [-0.25, -0.2) is 0 Å². The van der Waals surface area contributed by atoms with Gasteiger partial charge in [0, 0.05) is 18.6 Å². The summed E-state index contributed by atoms with van der Waals surface area (Å²) >= 11 is 5.51. The highest BCUT2D eigenvalue weighted by atomic mass is 35.5. The number of allylic oxidation sites excluding steroid dienone is 1. The van der Waals surface area contributed by atoms with E-state index < -0.39 is 0 Å². The SMILES string of the molecule is CNc1ccc(C=CCCl)cc1. The maximum Gasteiger partial charge on any atom is 0.0407 e. The van der Waals surface area contributed by atoms with E-state index in [1.165, 1.54) is 5.56 Å². The molecule has 0 spiro atoms. The van der Waals surface area contributed by atoms with E-state index in [-0.39, 0.29) is 0 Å². The minimum absolute atomic E-state index is 0.563. The van der Waals surface area contributed by atoms with Gasteiger partial charge in [-0.05, 0) is 17.7 Å². The molecule has 1 aromatic carbocycles. The third-order valence-electron chi connectivity index (χ3n) is 1.60. The fourth-order valence-electron chi connectivity index (χ4n) is 0.942. The van der Waals surface area contributed by atoms with Gasteiger partial charge in [0.15, 0.2) is 0 Å². The van der Waals surface area contributed by atoms with E-state index in [1.54, 1.807) is 0 Å². The van der Waals surface area contributed by atoms with E-state index in [0.29, 0.717) is 5.88 Å². The summed E-state index contributed by atoms with van der Waals surface area (Å²) in [5, 5.41) is 3.06. The van der Waals surface area contributed by atoms with E-state index >= 15 is 0 Å². The van der Waals surface area contributed by atoms with Crippen LogP contribution in [0.3, 0.4) is 0 Å². The number of hydrogen-bond acceptors (Lipinski definition) is 1. The number of halogens is 1. The van der Waals surface area contributed by atoms with Crippen LogP contribution in [-0.2, 0) is 0 Å². The summed E-state index contributed by atoms with van der Waals surface area (Å²) in [6.45, 7) is 0. The van der Waals surface area contributed by atoms with Crippen molar-refractivity contribution in [1.82, 2.24) is 0 Å². The molecule has 0 aliphatic carbocycles. The Morgan fingerprint density at radius 1 is 1.33 bits per heavy atom. The highest BCUT2D eigenvalue weighted by Crippen LogP contribution is 2.09. The maximum absolute atomic E-state index is 5.51. The molecule has 1 N–H and O–H groups in total. The van der Waals surface area contributed by atoms with Crippen LogP contribution < -0.4 is 5.32 Å². The van der Waals surface area contributed by atoms with Gasteiger partial charge in [-0.2, -0.15) is 0 Å². The maximum atomic E-state index is 5.51. The van der Waals surface area contributed by atoms with E-state index in [4.69, 9.17) is 11.6 Å². The fraction of sp³-hybridized carbons (Fsp3) is 0.200. The Morgan fingerprint density at radius 2 is 2.00 bits per heavy atom. The van der Waals surface area contributed by atoms with E-state index in [9.17, 15) is 0 Å². The third-order valence-corrected chi connectivity index (χ3v) is 1.78. The van der Waals surface area contributed by atoms with E-state index in [1.807, 2.05) is 31.3 Å². The molecule has 1 rings (SSSR count). The summed E-state index contributed by atoms with van der Waals surface area (Å²) < 4.78 is 0. The number of rotatable bonds is 3. The first-order valence-corrected chi connectivity index (χ1v) is 4.40. The monoisotopic (exact) mass is 181 g/mol. The molecule has 0 saturated heterocycles. The number of alkyl halides is 1. The third kappa shape index (κ3) is 2.59. The normalized spacial score (nSPS) is 10.5. The van der Waals surface area contributed by atoms with Gasteiger partial charge in [-0.1, -0.05) is 24.3 Å². The first-order valence-electron chi connectivity index (χ1n) is 3.87. The van der Waals surface area contributed by atoms with Crippen molar-refractivity contribution in [3.63, 3.8) is 0 Å². The lowest BCUT2D eigenvalue weighted by Gasteiger charge is -1.98. The van der Waals surface area contributed by atoms with Crippen LogP contribution in [0.1, 0.15) is 5.56 Å². The minimum Gasteiger partial charge on any atom is -0.388 e. The Kier molecular flexibility index (Phi) is 3.68. The summed E-state index contributed by atoms with van der Waals surface area (Å²) in [6.07, 6.45) is 3.93. The lowest BCUT2D eigenvalue weighted by Crippen LogP contribution is -1.86. The van der Waals surface area contributed by atoms with Crippen LogP contribution in [0.25, 0.3) is 6.08 Å². The zero-order chi connectivity index (χ0) is 8.81. The Labute approximate surface area is 78.1 Å². The fourth-order valence-corrected chi connectivity index (χ4v) is 1.03. The average molecular weight is 182 g/mol. The van der Waals surface area contributed by atoms with Gasteiger partial charge in [0.25, 0.3) is 0 Å². The van der Waals surface area contributed by atoms with Crippen LogP contribution in [0.15, 0.2) is 30.3 Å². The molecule has 0 heterocycles. The smallest absolute Gasteiger partial charge is 0.0407 e. The van der Waals surface area contributed by atoms with Crippen molar-refractivity contribution in [1.29, 1.82) is 0 Å². The molecule has 0 radical (unpaired) electrons. The van der Waals surface area contributed by atoms with Gasteiger partial charge >= 0.3 is 0 Å². The molecule has 1 aromatic rings. The molecule has 0 aliphatic rings. The molecule has 0 aliphatic heterocycles. The molecule has 2 heteroatoms. The molecule has 0 aromatic heterocycles. The van der Waals surface area contributed by atoms with Gasteiger partial charge in [0.2, 0.25) is 0 Å². The second kappa shape index (κ2) is 4.83. The largest absolute Gasteiger partial charge is 0.388 e. The van der Waals surface area contributed by atoms with Crippen LogP contribution in [0, 0.1) is 0 Å². The molecule has 0 saturated carbocycles. The molecule has 0 amide bonds. The van der Waals surface area contributed by atoms with Crippen LogP contribution in [0.2, 0.25) is 0 Å². The van der Waals surface area contributed by atoms with Crippen LogP contribution in [0.4, 0.5) is 5.69 Å². The summed E-state index contributed by atoms with van der Waals surface area (Å²) in [5.41, 5.74) is 2.30. The predicted octanol–water partition coefficient (Wildman–Crippen LogP) is 2.98. The highest BCUT2D eigenvalue weighted by molar-refractivity contribution is 6.19. The Morgan fingerprint density at radius 3 is 2.50 bits per heavy atom.